The van der Waals surface area contributed by atoms with Crippen molar-refractivity contribution >= 4 is 17.4 Å². The van der Waals surface area contributed by atoms with Crippen LogP contribution >= 0.6 is 0 Å². The molecule has 0 bridgehead atoms. The fourth-order valence-electron chi connectivity index (χ4n) is 3.24. The predicted molar refractivity (Wildman–Crippen MR) is 96.5 cm³/mol. The lowest BCUT2D eigenvalue weighted by atomic mass is 9.70. The summed E-state index contributed by atoms with van der Waals surface area (Å²) in [5.41, 5.74) is 14.0. The number of rotatable bonds is 4. The van der Waals surface area contributed by atoms with Crippen LogP contribution in [0.1, 0.15) is 33.6 Å². The molecule has 4 N–H and O–H groups in total. The van der Waals surface area contributed by atoms with Gasteiger partial charge in [-0.2, -0.15) is 0 Å². The van der Waals surface area contributed by atoms with Gasteiger partial charge < -0.3 is 11.5 Å². The molecule has 1 heterocycles. The van der Waals surface area contributed by atoms with E-state index < -0.39 is 17.2 Å². The number of hydrogen-bond acceptors (Lipinski definition) is 3. The molecule has 2 aromatic rings. The standard InChI is InChI=1S/C20H19N3O2/c1-13-17(5-3-11-23-13)20(19(22)25)10-2-4-16(12-20)14-6-8-15(9-7-14)18(21)24/h2-11H,12H2,1H3,(H2,21,24)(H2,22,25). The van der Waals surface area contributed by atoms with E-state index in [2.05, 4.69) is 4.98 Å². The monoisotopic (exact) mass is 333 g/mol. The van der Waals surface area contributed by atoms with Gasteiger partial charge in [-0.25, -0.2) is 0 Å². The van der Waals surface area contributed by atoms with Crippen LogP contribution in [0.15, 0.2) is 60.8 Å². The van der Waals surface area contributed by atoms with Gasteiger partial charge in [0.15, 0.2) is 0 Å². The Balaban J connectivity index is 2.02. The van der Waals surface area contributed by atoms with Gasteiger partial charge in [-0.1, -0.05) is 36.4 Å². The third-order valence-corrected chi connectivity index (χ3v) is 4.61. The van der Waals surface area contributed by atoms with Gasteiger partial charge >= 0.3 is 0 Å². The van der Waals surface area contributed by atoms with E-state index in [1.807, 2.05) is 43.4 Å². The summed E-state index contributed by atoms with van der Waals surface area (Å²) in [6.45, 7) is 1.87. The highest BCUT2D eigenvalue weighted by Crippen LogP contribution is 2.40. The van der Waals surface area contributed by atoms with Gasteiger partial charge in [0.1, 0.15) is 0 Å². The number of allylic oxidation sites excluding steroid dienone is 3. The highest BCUT2D eigenvalue weighted by Gasteiger charge is 2.39. The van der Waals surface area contributed by atoms with Crippen molar-refractivity contribution < 1.29 is 9.59 Å². The summed E-state index contributed by atoms with van der Waals surface area (Å²) < 4.78 is 0. The third kappa shape index (κ3) is 2.96. The Morgan fingerprint density at radius 3 is 2.44 bits per heavy atom. The van der Waals surface area contributed by atoms with E-state index in [0.29, 0.717) is 12.0 Å². The summed E-state index contributed by atoms with van der Waals surface area (Å²) in [6, 6.07) is 10.7. The molecule has 0 radical (unpaired) electrons. The molecule has 1 atom stereocenters. The lowest BCUT2D eigenvalue weighted by Gasteiger charge is -2.32. The summed E-state index contributed by atoms with van der Waals surface area (Å²) in [7, 11) is 0. The Morgan fingerprint density at radius 1 is 1.12 bits per heavy atom. The van der Waals surface area contributed by atoms with E-state index in [1.165, 1.54) is 0 Å². The number of carbonyl (C=O) groups excluding carboxylic acids is 2. The Labute approximate surface area is 146 Å². The van der Waals surface area contributed by atoms with Gasteiger partial charge in [0.25, 0.3) is 0 Å². The summed E-state index contributed by atoms with van der Waals surface area (Å²) in [5.74, 6) is -0.888. The van der Waals surface area contributed by atoms with Gasteiger partial charge in [-0.05, 0) is 48.2 Å². The van der Waals surface area contributed by atoms with E-state index in [0.717, 1.165) is 22.4 Å². The van der Waals surface area contributed by atoms with Crippen molar-refractivity contribution in [1.82, 2.24) is 4.98 Å². The molecule has 126 valence electrons. The van der Waals surface area contributed by atoms with Crippen LogP contribution < -0.4 is 11.5 Å². The van der Waals surface area contributed by atoms with Crippen molar-refractivity contribution in [3.05, 3.63) is 83.2 Å². The van der Waals surface area contributed by atoms with Crippen molar-refractivity contribution in [2.75, 3.05) is 0 Å². The highest BCUT2D eigenvalue weighted by atomic mass is 16.1. The van der Waals surface area contributed by atoms with E-state index in [-0.39, 0.29) is 0 Å². The number of amides is 2. The second-order valence-corrected chi connectivity index (χ2v) is 6.14. The molecule has 1 aliphatic rings. The second kappa shape index (κ2) is 6.36. The van der Waals surface area contributed by atoms with Crippen LogP contribution in [0.25, 0.3) is 5.57 Å². The molecular weight excluding hydrogens is 314 g/mol. The molecule has 0 aliphatic heterocycles. The number of hydrogen-bond donors (Lipinski definition) is 2. The quantitative estimate of drug-likeness (QED) is 0.897. The maximum absolute atomic E-state index is 12.4. The number of nitrogens with two attached hydrogens (primary N) is 2. The Hall–Kier alpha value is -3.21. The van der Waals surface area contributed by atoms with Gasteiger partial charge in [0.05, 0.1) is 5.41 Å². The van der Waals surface area contributed by atoms with Crippen molar-refractivity contribution in [2.24, 2.45) is 11.5 Å². The maximum Gasteiger partial charge on any atom is 0.248 e. The molecule has 1 aromatic carbocycles. The molecule has 5 heteroatoms. The third-order valence-electron chi connectivity index (χ3n) is 4.61. The molecule has 1 unspecified atom stereocenters. The number of aromatic nitrogens is 1. The smallest absolute Gasteiger partial charge is 0.248 e. The minimum atomic E-state index is -0.940. The summed E-state index contributed by atoms with van der Waals surface area (Å²) >= 11 is 0. The van der Waals surface area contributed by atoms with Crippen molar-refractivity contribution in [1.29, 1.82) is 0 Å². The number of pyridine rings is 1. The Bertz CT molecular complexity index is 897. The fourth-order valence-corrected chi connectivity index (χ4v) is 3.24. The van der Waals surface area contributed by atoms with Gasteiger partial charge in [0.2, 0.25) is 11.8 Å². The summed E-state index contributed by atoms with van der Waals surface area (Å²) in [5, 5.41) is 0. The topological polar surface area (TPSA) is 99.1 Å². The highest BCUT2D eigenvalue weighted by molar-refractivity contribution is 5.94. The SMILES string of the molecule is Cc1ncccc1C1(C(N)=O)C=CC=C(c2ccc(C(N)=O)cc2)C1. The van der Waals surface area contributed by atoms with Crippen LogP contribution in [0.4, 0.5) is 0 Å². The van der Waals surface area contributed by atoms with Crippen LogP contribution in [-0.2, 0) is 10.2 Å². The minimum Gasteiger partial charge on any atom is -0.369 e. The molecule has 25 heavy (non-hydrogen) atoms. The van der Waals surface area contributed by atoms with Crippen molar-refractivity contribution in [3.63, 3.8) is 0 Å². The molecule has 5 nitrogen and oxygen atoms in total. The lowest BCUT2D eigenvalue weighted by molar-refractivity contribution is -0.121. The van der Waals surface area contributed by atoms with Crippen molar-refractivity contribution in [3.8, 4) is 0 Å². The van der Waals surface area contributed by atoms with Crippen LogP contribution in [0.5, 0.6) is 0 Å². The molecular formula is C20H19N3O2. The number of carbonyl (C=O) groups is 2. The zero-order valence-corrected chi connectivity index (χ0v) is 13.9. The van der Waals surface area contributed by atoms with Gasteiger partial charge in [0, 0.05) is 17.5 Å². The predicted octanol–water partition coefficient (Wildman–Crippen LogP) is 2.26. The number of nitrogens with zero attached hydrogens (tertiary/aromatic N) is 1. The van der Waals surface area contributed by atoms with Crippen LogP contribution in [-0.4, -0.2) is 16.8 Å². The maximum atomic E-state index is 12.4. The first-order chi connectivity index (χ1) is 11.9. The minimum absolute atomic E-state index is 0.417. The van der Waals surface area contributed by atoms with Crippen LogP contribution in [0.3, 0.4) is 0 Å². The molecule has 1 aromatic heterocycles. The first-order valence-electron chi connectivity index (χ1n) is 7.95. The molecule has 0 saturated carbocycles. The second-order valence-electron chi connectivity index (χ2n) is 6.14. The Kier molecular flexibility index (Phi) is 4.23. The molecule has 0 spiro atoms. The van der Waals surface area contributed by atoms with E-state index in [4.69, 9.17) is 11.5 Å². The number of primary amides is 2. The summed E-state index contributed by atoms with van der Waals surface area (Å²) in [4.78, 5) is 27.9. The molecule has 3 rings (SSSR count). The normalized spacial score (nSPS) is 19.3. The lowest BCUT2D eigenvalue weighted by Crippen LogP contribution is -2.41. The van der Waals surface area contributed by atoms with E-state index in [9.17, 15) is 9.59 Å². The molecule has 0 fully saturated rings. The van der Waals surface area contributed by atoms with Gasteiger partial charge in [-0.15, -0.1) is 0 Å². The zero-order valence-electron chi connectivity index (χ0n) is 13.9. The first-order valence-corrected chi connectivity index (χ1v) is 7.95. The van der Waals surface area contributed by atoms with E-state index >= 15 is 0 Å². The average Bonchev–Trinajstić information content (AvgIpc) is 2.62. The van der Waals surface area contributed by atoms with E-state index in [1.54, 1.807) is 24.4 Å². The fraction of sp³-hybridized carbons (Fsp3) is 0.150. The number of aryl methyl sites for hydroxylation is 1. The molecule has 2 amide bonds. The molecule has 0 saturated heterocycles. The molecule has 1 aliphatic carbocycles. The zero-order chi connectivity index (χ0) is 18.0. The summed E-state index contributed by atoms with van der Waals surface area (Å²) in [6.07, 6.45) is 7.76. The van der Waals surface area contributed by atoms with Crippen LogP contribution in [0.2, 0.25) is 0 Å². The number of benzene rings is 1. The van der Waals surface area contributed by atoms with Crippen LogP contribution in [0, 0.1) is 6.92 Å². The van der Waals surface area contributed by atoms with Gasteiger partial charge in [-0.3, -0.25) is 14.6 Å². The first kappa shape index (κ1) is 16.6. The Morgan fingerprint density at radius 2 is 1.84 bits per heavy atom. The van der Waals surface area contributed by atoms with Crippen molar-refractivity contribution in [2.45, 2.75) is 18.8 Å². The largest absolute Gasteiger partial charge is 0.369 e. The average molecular weight is 333 g/mol.